The highest BCUT2D eigenvalue weighted by Gasteiger charge is 2.34. The molecule has 2 rings (SSSR count). The molecule has 2 atom stereocenters. The molecule has 0 aliphatic heterocycles. The first-order valence-corrected chi connectivity index (χ1v) is 8.70. The maximum Gasteiger partial charge on any atom is 0.407 e. The average molecular weight is 431 g/mol. The molecule has 0 saturated carbocycles. The summed E-state index contributed by atoms with van der Waals surface area (Å²) in [6.07, 6.45) is -6.13. The van der Waals surface area contributed by atoms with Gasteiger partial charge in [0.05, 0.1) is 29.9 Å². The quantitative estimate of drug-likeness (QED) is 0.429. The van der Waals surface area contributed by atoms with E-state index < -0.39 is 41.4 Å². The maximum absolute atomic E-state index is 13.1. The van der Waals surface area contributed by atoms with Crippen molar-refractivity contribution < 1.29 is 27.9 Å². The Morgan fingerprint density at radius 1 is 1.16 bits per heavy atom. The van der Waals surface area contributed by atoms with Crippen molar-refractivity contribution in [3.8, 4) is 6.07 Å². The van der Waals surface area contributed by atoms with Crippen LogP contribution in [0.5, 0.6) is 0 Å². The van der Waals surface area contributed by atoms with E-state index in [0.717, 1.165) is 6.07 Å². The molecule has 2 aromatic carbocycles. The van der Waals surface area contributed by atoms with Gasteiger partial charge in [0.2, 0.25) is 0 Å². The lowest BCUT2D eigenvalue weighted by atomic mass is 10.1. The summed E-state index contributed by atoms with van der Waals surface area (Å²) < 4.78 is 39.4. The van der Waals surface area contributed by atoms with Crippen LogP contribution < -0.4 is 16.2 Å². The zero-order chi connectivity index (χ0) is 23.2. The highest BCUT2D eigenvalue weighted by Crippen LogP contribution is 2.38. The Morgan fingerprint density at radius 2 is 1.81 bits per heavy atom. The van der Waals surface area contributed by atoms with Crippen LogP contribution in [0.3, 0.4) is 0 Å². The zero-order valence-corrected chi connectivity index (χ0v) is 16.0. The molecule has 0 radical (unpaired) electrons. The fourth-order valence-electron chi connectivity index (χ4n) is 2.50. The molecule has 0 fully saturated rings. The van der Waals surface area contributed by atoms with Crippen molar-refractivity contribution in [3.05, 3.63) is 70.6 Å². The van der Waals surface area contributed by atoms with E-state index in [0.29, 0.717) is 11.6 Å². The van der Waals surface area contributed by atoms with Crippen molar-refractivity contribution >= 4 is 23.2 Å². The fourth-order valence-corrected chi connectivity index (χ4v) is 2.50. The molecule has 8 nitrogen and oxygen atoms in total. The van der Waals surface area contributed by atoms with E-state index in [1.165, 1.54) is 37.3 Å². The summed E-state index contributed by atoms with van der Waals surface area (Å²) in [7, 11) is 0. The molecule has 0 bridgehead atoms. The number of nitrogens with one attached hydrogen (secondary N) is 3. The summed E-state index contributed by atoms with van der Waals surface area (Å²) in [5, 5.41) is 21.1. The Kier molecular flexibility index (Phi) is 7.19. The van der Waals surface area contributed by atoms with Crippen LogP contribution in [-0.2, 0) is 11.0 Å². The molecule has 2 aromatic rings. The third-order valence-electron chi connectivity index (χ3n) is 4.08. The lowest BCUT2D eigenvalue weighted by Crippen LogP contribution is -2.52. The van der Waals surface area contributed by atoms with E-state index in [9.17, 15) is 27.9 Å². The number of aliphatic hydroxyl groups excluding tert-OH is 1. The fraction of sp³-hybridized carbons (Fsp3) is 0.200. The van der Waals surface area contributed by atoms with Crippen molar-refractivity contribution in [1.29, 1.82) is 5.26 Å². The Hall–Kier alpha value is -4.09. The number of halogens is 3. The summed E-state index contributed by atoms with van der Waals surface area (Å²) in [6, 6.07) is 8.78. The maximum atomic E-state index is 13.1. The van der Waals surface area contributed by atoms with Crippen molar-refractivity contribution in [2.75, 3.05) is 5.32 Å². The first-order chi connectivity index (χ1) is 14.6. The van der Waals surface area contributed by atoms with E-state index in [1.807, 2.05) is 6.07 Å². The molecule has 160 valence electrons. The Balaban J connectivity index is 2.11. The van der Waals surface area contributed by atoms with Gasteiger partial charge < -0.3 is 10.4 Å². The van der Waals surface area contributed by atoms with Crippen LogP contribution in [0, 0.1) is 17.9 Å². The third kappa shape index (κ3) is 5.95. The Morgan fingerprint density at radius 3 is 2.32 bits per heavy atom. The molecule has 0 aliphatic rings. The number of rotatable bonds is 5. The van der Waals surface area contributed by atoms with Gasteiger partial charge in [-0.15, -0.1) is 0 Å². The van der Waals surface area contributed by atoms with Gasteiger partial charge in [0.25, 0.3) is 11.8 Å². The number of hydrogen-bond acceptors (Lipinski definition) is 5. The van der Waals surface area contributed by atoms with Crippen LogP contribution in [0.2, 0.25) is 0 Å². The molecule has 0 spiro atoms. The topological polar surface area (TPSA) is 119 Å². The standard InChI is InChI=1S/C20H16F3N5O3/c1-11(29)17(26-14-7-8-16(25-2)15(9-14)20(21,22)23)19(31)28-27-18(30)13-5-3-12(10-24)4-6-13/h3-9,11,17,26,29H,1H3,(H,27,30)(H,28,31)/t11-,17-/m1/s1. The normalized spacial score (nSPS) is 12.6. The van der Waals surface area contributed by atoms with Crippen LogP contribution in [0.25, 0.3) is 4.85 Å². The molecule has 0 saturated heterocycles. The van der Waals surface area contributed by atoms with Crippen LogP contribution >= 0.6 is 0 Å². The van der Waals surface area contributed by atoms with E-state index in [1.54, 1.807) is 0 Å². The molecular weight excluding hydrogens is 415 g/mol. The number of alkyl halides is 3. The second kappa shape index (κ2) is 9.61. The minimum Gasteiger partial charge on any atom is -0.391 e. The van der Waals surface area contributed by atoms with Crippen molar-refractivity contribution in [1.82, 2.24) is 10.9 Å². The van der Waals surface area contributed by atoms with Crippen LogP contribution in [0.15, 0.2) is 42.5 Å². The zero-order valence-electron chi connectivity index (χ0n) is 16.0. The Bertz CT molecular complexity index is 1050. The highest BCUT2D eigenvalue weighted by molar-refractivity contribution is 5.96. The number of anilines is 1. The van der Waals surface area contributed by atoms with E-state index >= 15 is 0 Å². The SMILES string of the molecule is [C-]#[N+]c1ccc(N[C@@H](C(=O)NNC(=O)c2ccc(C#N)cc2)[C@@H](C)O)cc1C(F)(F)F. The number of nitriles is 1. The minimum atomic E-state index is -4.78. The summed E-state index contributed by atoms with van der Waals surface area (Å²) in [6.45, 7) is 8.08. The van der Waals surface area contributed by atoms with Crippen LogP contribution in [0.4, 0.5) is 24.5 Å². The van der Waals surface area contributed by atoms with E-state index in [4.69, 9.17) is 11.8 Å². The van der Waals surface area contributed by atoms with Gasteiger partial charge in [0.15, 0.2) is 5.69 Å². The molecule has 0 unspecified atom stereocenters. The summed E-state index contributed by atoms with van der Waals surface area (Å²) >= 11 is 0. The number of hydrazine groups is 1. The molecule has 0 aromatic heterocycles. The first-order valence-electron chi connectivity index (χ1n) is 8.70. The first kappa shape index (κ1) is 23.2. The second-order valence-corrected chi connectivity index (χ2v) is 6.34. The predicted octanol–water partition coefficient (Wildman–Crippen LogP) is 2.75. The predicted molar refractivity (Wildman–Crippen MR) is 104 cm³/mol. The summed E-state index contributed by atoms with van der Waals surface area (Å²) in [4.78, 5) is 27.3. The smallest absolute Gasteiger partial charge is 0.391 e. The minimum absolute atomic E-state index is 0.144. The molecule has 11 heteroatoms. The molecule has 2 amide bonds. The summed E-state index contributed by atoms with van der Waals surface area (Å²) in [5.41, 5.74) is 2.73. The van der Waals surface area contributed by atoms with Crippen LogP contribution in [0.1, 0.15) is 28.4 Å². The number of carbonyl (C=O) groups excluding carboxylic acids is 2. The Labute approximate surface area is 175 Å². The number of aliphatic hydroxyl groups is 1. The van der Waals surface area contributed by atoms with Gasteiger partial charge in [-0.05, 0) is 43.3 Å². The third-order valence-corrected chi connectivity index (χ3v) is 4.08. The summed E-state index contributed by atoms with van der Waals surface area (Å²) in [5.74, 6) is -1.62. The molecule has 0 aliphatic carbocycles. The largest absolute Gasteiger partial charge is 0.407 e. The lowest BCUT2D eigenvalue weighted by Gasteiger charge is -2.23. The lowest BCUT2D eigenvalue weighted by molar-refractivity contribution is -0.136. The number of amides is 2. The van der Waals surface area contributed by atoms with E-state index in [2.05, 4.69) is 21.0 Å². The van der Waals surface area contributed by atoms with Crippen LogP contribution in [-0.4, -0.2) is 29.1 Å². The van der Waals surface area contributed by atoms with Gasteiger partial charge in [-0.2, -0.15) is 18.4 Å². The number of hydrogen-bond donors (Lipinski definition) is 4. The van der Waals surface area contributed by atoms with Crippen molar-refractivity contribution in [2.24, 2.45) is 0 Å². The van der Waals surface area contributed by atoms with Gasteiger partial charge in [-0.3, -0.25) is 20.4 Å². The highest BCUT2D eigenvalue weighted by atomic mass is 19.4. The molecule has 0 heterocycles. The number of carbonyl (C=O) groups is 2. The molecular formula is C20H16F3N5O3. The van der Waals surface area contributed by atoms with Gasteiger partial charge >= 0.3 is 6.18 Å². The van der Waals surface area contributed by atoms with Crippen molar-refractivity contribution in [2.45, 2.75) is 25.2 Å². The van der Waals surface area contributed by atoms with E-state index in [-0.39, 0.29) is 11.3 Å². The molecule has 31 heavy (non-hydrogen) atoms. The molecule has 4 N–H and O–H groups in total. The van der Waals surface area contributed by atoms with Gasteiger partial charge in [-0.1, -0.05) is 6.07 Å². The van der Waals surface area contributed by atoms with Crippen molar-refractivity contribution in [3.63, 3.8) is 0 Å². The van der Waals surface area contributed by atoms with Gasteiger partial charge in [0, 0.05) is 11.3 Å². The van der Waals surface area contributed by atoms with Gasteiger partial charge in [0.1, 0.15) is 6.04 Å². The monoisotopic (exact) mass is 431 g/mol. The average Bonchev–Trinajstić information content (AvgIpc) is 2.74. The number of benzene rings is 2. The van der Waals surface area contributed by atoms with Gasteiger partial charge in [-0.25, -0.2) is 4.85 Å². The second-order valence-electron chi connectivity index (χ2n) is 6.34. The number of nitrogens with zero attached hydrogens (tertiary/aromatic N) is 2.